The number of hydrogen-bond acceptors (Lipinski definition) is 4. The van der Waals surface area contributed by atoms with E-state index in [2.05, 4.69) is 38.5 Å². The Labute approximate surface area is 119 Å². The molecule has 1 aromatic carbocycles. The fourth-order valence-electron chi connectivity index (χ4n) is 2.32. The van der Waals surface area contributed by atoms with Crippen molar-refractivity contribution in [1.82, 2.24) is 15.0 Å². The van der Waals surface area contributed by atoms with Crippen LogP contribution in [0.25, 0.3) is 21.3 Å². The van der Waals surface area contributed by atoms with E-state index in [0.717, 1.165) is 23.4 Å². The smallest absolute Gasteiger partial charge is 0.137 e. The molecular weight excluding hydrogens is 268 g/mol. The Balaban J connectivity index is 1.60. The molecule has 0 bridgehead atoms. The van der Waals surface area contributed by atoms with Crippen LogP contribution in [0.1, 0.15) is 5.56 Å². The Morgan fingerprint density at radius 3 is 3.20 bits per heavy atom. The predicted octanol–water partition coefficient (Wildman–Crippen LogP) is 3.78. The zero-order valence-electron chi connectivity index (χ0n) is 10.6. The van der Waals surface area contributed by atoms with E-state index in [1.807, 2.05) is 23.8 Å². The molecular formula is C15H12N4S. The van der Waals surface area contributed by atoms with Crippen LogP contribution in [0.3, 0.4) is 0 Å². The first-order valence-corrected chi connectivity index (χ1v) is 7.26. The van der Waals surface area contributed by atoms with Crippen molar-refractivity contribution in [3.8, 4) is 0 Å². The van der Waals surface area contributed by atoms with Gasteiger partial charge in [0.25, 0.3) is 0 Å². The van der Waals surface area contributed by atoms with Crippen molar-refractivity contribution in [2.45, 2.75) is 6.54 Å². The summed E-state index contributed by atoms with van der Waals surface area (Å²) in [6, 6.07) is 10.3. The molecule has 0 saturated carbocycles. The minimum absolute atomic E-state index is 0.774. The maximum absolute atomic E-state index is 4.30. The summed E-state index contributed by atoms with van der Waals surface area (Å²) in [5.41, 5.74) is 6.19. The minimum atomic E-state index is 0.774. The van der Waals surface area contributed by atoms with E-state index < -0.39 is 0 Å². The van der Waals surface area contributed by atoms with Gasteiger partial charge in [-0.2, -0.15) is 0 Å². The molecule has 0 aliphatic carbocycles. The summed E-state index contributed by atoms with van der Waals surface area (Å²) in [4.78, 5) is 11.8. The number of aromatic nitrogens is 3. The molecule has 2 N–H and O–H groups in total. The van der Waals surface area contributed by atoms with Crippen LogP contribution in [-0.4, -0.2) is 15.0 Å². The SMILES string of the molecule is c1cnc2[nH]cc(CNc3ccc4ncsc4c3)c2c1. The number of hydrogen-bond donors (Lipinski definition) is 2. The summed E-state index contributed by atoms with van der Waals surface area (Å²) < 4.78 is 1.20. The summed E-state index contributed by atoms with van der Waals surface area (Å²) in [6.07, 6.45) is 3.81. The van der Waals surface area contributed by atoms with Gasteiger partial charge in [0.05, 0.1) is 15.7 Å². The van der Waals surface area contributed by atoms with Crippen LogP contribution in [0, 0.1) is 0 Å². The lowest BCUT2D eigenvalue weighted by Gasteiger charge is -2.05. The molecule has 0 unspecified atom stereocenters. The summed E-state index contributed by atoms with van der Waals surface area (Å²) in [7, 11) is 0. The fraction of sp³-hybridized carbons (Fsp3) is 0.0667. The lowest BCUT2D eigenvalue weighted by Crippen LogP contribution is -1.98. The maximum atomic E-state index is 4.30. The molecule has 0 aliphatic rings. The first-order valence-electron chi connectivity index (χ1n) is 6.38. The molecule has 3 aromatic heterocycles. The second-order valence-corrected chi connectivity index (χ2v) is 5.49. The highest BCUT2D eigenvalue weighted by atomic mass is 32.1. The quantitative estimate of drug-likeness (QED) is 0.600. The molecule has 0 fully saturated rings. The Bertz CT molecular complexity index is 877. The van der Waals surface area contributed by atoms with E-state index in [4.69, 9.17) is 0 Å². The molecule has 0 radical (unpaired) electrons. The second kappa shape index (κ2) is 4.61. The van der Waals surface area contributed by atoms with Crippen LogP contribution >= 0.6 is 11.3 Å². The number of H-pyrrole nitrogens is 1. The number of anilines is 1. The molecule has 4 nitrogen and oxygen atoms in total. The van der Waals surface area contributed by atoms with Gasteiger partial charge >= 0.3 is 0 Å². The van der Waals surface area contributed by atoms with Crippen molar-refractivity contribution < 1.29 is 0 Å². The van der Waals surface area contributed by atoms with Crippen molar-refractivity contribution in [3.63, 3.8) is 0 Å². The van der Waals surface area contributed by atoms with Gasteiger partial charge in [0.2, 0.25) is 0 Å². The van der Waals surface area contributed by atoms with Gasteiger partial charge in [-0.15, -0.1) is 11.3 Å². The highest BCUT2D eigenvalue weighted by Crippen LogP contribution is 2.23. The van der Waals surface area contributed by atoms with Gasteiger partial charge in [0.15, 0.2) is 0 Å². The Morgan fingerprint density at radius 1 is 1.20 bits per heavy atom. The normalized spacial score (nSPS) is 11.2. The van der Waals surface area contributed by atoms with Gasteiger partial charge in [-0.3, -0.25) is 0 Å². The lowest BCUT2D eigenvalue weighted by atomic mass is 10.2. The number of nitrogens with one attached hydrogen (secondary N) is 2. The highest BCUT2D eigenvalue weighted by molar-refractivity contribution is 7.16. The van der Waals surface area contributed by atoms with Crippen LogP contribution in [0.5, 0.6) is 0 Å². The summed E-state index contributed by atoms with van der Waals surface area (Å²) >= 11 is 1.66. The van der Waals surface area contributed by atoms with Gasteiger partial charge in [0, 0.05) is 30.0 Å². The van der Waals surface area contributed by atoms with Crippen LogP contribution < -0.4 is 5.32 Å². The summed E-state index contributed by atoms with van der Waals surface area (Å²) in [6.45, 7) is 0.774. The lowest BCUT2D eigenvalue weighted by molar-refractivity contribution is 1.16. The fourth-order valence-corrected chi connectivity index (χ4v) is 3.04. The number of benzene rings is 1. The van der Waals surface area contributed by atoms with E-state index in [0.29, 0.717) is 0 Å². The van der Waals surface area contributed by atoms with Gasteiger partial charge in [-0.25, -0.2) is 9.97 Å². The topological polar surface area (TPSA) is 53.6 Å². The minimum Gasteiger partial charge on any atom is -0.381 e. The third-order valence-corrected chi connectivity index (χ3v) is 4.14. The largest absolute Gasteiger partial charge is 0.381 e. The molecule has 20 heavy (non-hydrogen) atoms. The molecule has 98 valence electrons. The summed E-state index contributed by atoms with van der Waals surface area (Å²) in [5, 5.41) is 4.62. The Hall–Kier alpha value is -2.40. The average Bonchev–Trinajstić information content (AvgIpc) is 3.11. The van der Waals surface area contributed by atoms with Gasteiger partial charge < -0.3 is 10.3 Å². The zero-order valence-corrected chi connectivity index (χ0v) is 11.4. The number of aromatic amines is 1. The molecule has 0 saturated heterocycles. The van der Waals surface area contributed by atoms with Gasteiger partial charge in [-0.1, -0.05) is 0 Å². The number of rotatable bonds is 3. The van der Waals surface area contributed by atoms with Crippen molar-refractivity contribution in [3.05, 3.63) is 53.8 Å². The van der Waals surface area contributed by atoms with Crippen LogP contribution in [0.4, 0.5) is 5.69 Å². The standard InChI is InChI=1S/C15H12N4S/c1-2-12-10(8-18-15(12)16-5-1)7-17-11-3-4-13-14(6-11)20-9-19-13/h1-6,8-9,17H,7H2,(H,16,18). The third-order valence-electron chi connectivity index (χ3n) is 3.35. The van der Waals surface area contributed by atoms with Crippen LogP contribution in [-0.2, 0) is 6.54 Å². The van der Waals surface area contributed by atoms with Gasteiger partial charge in [0.1, 0.15) is 5.65 Å². The van der Waals surface area contributed by atoms with E-state index in [-0.39, 0.29) is 0 Å². The first-order chi connectivity index (χ1) is 9.90. The number of fused-ring (bicyclic) bond motifs is 2. The number of thiazole rings is 1. The van der Waals surface area contributed by atoms with Crippen molar-refractivity contribution in [2.75, 3.05) is 5.32 Å². The van der Waals surface area contributed by atoms with E-state index in [1.54, 1.807) is 17.5 Å². The Morgan fingerprint density at radius 2 is 2.20 bits per heavy atom. The van der Waals surface area contributed by atoms with E-state index in [1.165, 1.54) is 15.6 Å². The molecule has 4 rings (SSSR count). The van der Waals surface area contributed by atoms with Crippen molar-refractivity contribution in [1.29, 1.82) is 0 Å². The zero-order chi connectivity index (χ0) is 13.4. The second-order valence-electron chi connectivity index (χ2n) is 4.60. The molecule has 0 spiro atoms. The van der Waals surface area contributed by atoms with Crippen LogP contribution in [0.2, 0.25) is 0 Å². The van der Waals surface area contributed by atoms with Crippen molar-refractivity contribution in [2.24, 2.45) is 0 Å². The number of pyridine rings is 1. The molecule has 0 atom stereocenters. The molecule has 0 amide bonds. The van der Waals surface area contributed by atoms with E-state index >= 15 is 0 Å². The predicted molar refractivity (Wildman–Crippen MR) is 83.0 cm³/mol. The highest BCUT2D eigenvalue weighted by Gasteiger charge is 2.04. The first kappa shape index (κ1) is 11.4. The third kappa shape index (κ3) is 1.92. The molecule has 3 heterocycles. The Kier molecular flexibility index (Phi) is 2.63. The summed E-state index contributed by atoms with van der Waals surface area (Å²) in [5.74, 6) is 0. The molecule has 5 heteroatoms. The molecule has 4 aromatic rings. The molecule has 0 aliphatic heterocycles. The van der Waals surface area contributed by atoms with Crippen LogP contribution in [0.15, 0.2) is 48.2 Å². The van der Waals surface area contributed by atoms with E-state index in [9.17, 15) is 0 Å². The number of nitrogens with zero attached hydrogens (tertiary/aromatic N) is 2. The van der Waals surface area contributed by atoms with Crippen molar-refractivity contribution >= 4 is 38.3 Å². The monoisotopic (exact) mass is 280 g/mol. The maximum Gasteiger partial charge on any atom is 0.137 e. The average molecular weight is 280 g/mol. The van der Waals surface area contributed by atoms with Gasteiger partial charge in [-0.05, 0) is 35.9 Å².